The van der Waals surface area contributed by atoms with Crippen molar-refractivity contribution in [1.82, 2.24) is 9.78 Å². The molecular weight excluding hydrogens is 454 g/mol. The highest BCUT2D eigenvalue weighted by molar-refractivity contribution is 7.18. The molecule has 34 heavy (non-hydrogen) atoms. The highest BCUT2D eigenvalue weighted by atomic mass is 32.1. The number of thiophene rings is 1. The van der Waals surface area contributed by atoms with Gasteiger partial charge in [0.2, 0.25) is 0 Å². The van der Waals surface area contributed by atoms with Crippen LogP contribution in [-0.2, 0) is 11.3 Å². The maximum atomic E-state index is 13.3. The number of fused-ring (bicyclic) bond motifs is 1. The van der Waals surface area contributed by atoms with E-state index >= 15 is 0 Å². The Balaban J connectivity index is 1.76. The first-order valence-electron chi connectivity index (χ1n) is 10.7. The maximum Gasteiger partial charge on any atom is 0.350 e. The average Bonchev–Trinajstić information content (AvgIpc) is 3.28. The molecule has 0 bridgehead atoms. The van der Waals surface area contributed by atoms with Crippen LogP contribution in [0.25, 0.3) is 21.2 Å². The van der Waals surface area contributed by atoms with E-state index in [0.717, 1.165) is 10.4 Å². The van der Waals surface area contributed by atoms with Crippen molar-refractivity contribution < 1.29 is 19.1 Å². The monoisotopic (exact) mass is 477 g/mol. The summed E-state index contributed by atoms with van der Waals surface area (Å²) in [6, 6.07) is 15.9. The third-order valence-electron chi connectivity index (χ3n) is 5.20. The number of nitrogens with one attached hydrogen (secondary N) is 1. The predicted octanol–water partition coefficient (Wildman–Crippen LogP) is 4.58. The minimum atomic E-state index is -0.529. The van der Waals surface area contributed by atoms with E-state index in [9.17, 15) is 14.4 Å². The lowest BCUT2D eigenvalue weighted by Gasteiger charge is -2.10. The number of ether oxygens (including phenoxy) is 2. The van der Waals surface area contributed by atoms with Crippen LogP contribution in [0.1, 0.15) is 34.0 Å². The van der Waals surface area contributed by atoms with Gasteiger partial charge in [0.25, 0.3) is 11.5 Å². The predicted molar refractivity (Wildman–Crippen MR) is 132 cm³/mol. The number of methoxy groups -OCH3 is 1. The normalized spacial score (nSPS) is 10.8. The molecule has 0 aliphatic carbocycles. The SMILES string of the molecule is CCOC(=O)c1sc(-c2ccc(OC)cc2)cc1NC(=O)c1nn(CC)c(=O)c2ccccc12. The van der Waals surface area contributed by atoms with Gasteiger partial charge in [-0.15, -0.1) is 11.3 Å². The third kappa shape index (κ3) is 4.42. The van der Waals surface area contributed by atoms with Crippen molar-refractivity contribution in [2.24, 2.45) is 0 Å². The highest BCUT2D eigenvalue weighted by Crippen LogP contribution is 2.36. The molecule has 4 aromatic rings. The largest absolute Gasteiger partial charge is 0.497 e. The average molecular weight is 478 g/mol. The molecule has 4 rings (SSSR count). The van der Waals surface area contributed by atoms with Crippen molar-refractivity contribution in [1.29, 1.82) is 0 Å². The second kappa shape index (κ2) is 9.88. The number of carbonyl (C=O) groups excluding carboxylic acids is 2. The third-order valence-corrected chi connectivity index (χ3v) is 6.36. The van der Waals surface area contributed by atoms with E-state index in [1.54, 1.807) is 51.3 Å². The van der Waals surface area contributed by atoms with Gasteiger partial charge in [0.05, 0.1) is 24.8 Å². The lowest BCUT2D eigenvalue weighted by Crippen LogP contribution is -2.27. The van der Waals surface area contributed by atoms with Gasteiger partial charge in [-0.05, 0) is 55.8 Å². The van der Waals surface area contributed by atoms with Crippen molar-refractivity contribution in [2.75, 3.05) is 19.0 Å². The fourth-order valence-electron chi connectivity index (χ4n) is 3.53. The first kappa shape index (κ1) is 23.2. The number of rotatable bonds is 7. The zero-order valence-corrected chi connectivity index (χ0v) is 19.8. The molecule has 0 radical (unpaired) electrons. The summed E-state index contributed by atoms with van der Waals surface area (Å²) in [5.74, 6) is -0.342. The summed E-state index contributed by atoms with van der Waals surface area (Å²) < 4.78 is 11.7. The van der Waals surface area contributed by atoms with Gasteiger partial charge in [-0.1, -0.05) is 18.2 Å². The number of hydrogen-bond donors (Lipinski definition) is 1. The molecule has 0 aliphatic rings. The number of carbonyl (C=O) groups is 2. The highest BCUT2D eigenvalue weighted by Gasteiger charge is 2.23. The molecule has 0 saturated heterocycles. The van der Waals surface area contributed by atoms with Crippen molar-refractivity contribution >= 4 is 39.7 Å². The van der Waals surface area contributed by atoms with E-state index in [4.69, 9.17) is 9.47 Å². The summed E-state index contributed by atoms with van der Waals surface area (Å²) in [5.41, 5.74) is 1.02. The minimum Gasteiger partial charge on any atom is -0.497 e. The van der Waals surface area contributed by atoms with Crippen LogP contribution in [0.2, 0.25) is 0 Å². The molecule has 0 unspecified atom stereocenters. The molecule has 0 atom stereocenters. The Morgan fingerprint density at radius 1 is 1.06 bits per heavy atom. The van der Waals surface area contributed by atoms with Gasteiger partial charge in [-0.3, -0.25) is 9.59 Å². The number of aryl methyl sites for hydroxylation is 1. The van der Waals surface area contributed by atoms with E-state index in [2.05, 4.69) is 10.4 Å². The zero-order chi connectivity index (χ0) is 24.2. The molecule has 0 spiro atoms. The summed E-state index contributed by atoms with van der Waals surface area (Å²) in [7, 11) is 1.59. The molecule has 2 aromatic heterocycles. The minimum absolute atomic E-state index is 0.101. The molecule has 0 aliphatic heterocycles. The molecule has 0 fully saturated rings. The second-order valence-electron chi connectivity index (χ2n) is 7.27. The topological polar surface area (TPSA) is 99.5 Å². The summed E-state index contributed by atoms with van der Waals surface area (Å²) in [6.07, 6.45) is 0. The fraction of sp³-hybridized carbons (Fsp3) is 0.200. The molecule has 0 saturated carbocycles. The number of anilines is 1. The van der Waals surface area contributed by atoms with E-state index in [-0.39, 0.29) is 22.7 Å². The maximum absolute atomic E-state index is 13.3. The van der Waals surface area contributed by atoms with Crippen LogP contribution in [-0.4, -0.2) is 35.4 Å². The summed E-state index contributed by atoms with van der Waals surface area (Å²) in [5, 5.41) is 7.93. The van der Waals surface area contributed by atoms with Gasteiger partial charge in [-0.25, -0.2) is 9.48 Å². The molecule has 2 heterocycles. The number of hydrogen-bond acceptors (Lipinski definition) is 7. The van der Waals surface area contributed by atoms with Gasteiger partial charge in [0.1, 0.15) is 10.6 Å². The van der Waals surface area contributed by atoms with Crippen molar-refractivity contribution in [3.8, 4) is 16.2 Å². The van der Waals surface area contributed by atoms with E-state index in [1.807, 2.05) is 24.3 Å². The summed E-state index contributed by atoms with van der Waals surface area (Å²) in [6.45, 7) is 4.02. The van der Waals surface area contributed by atoms with Crippen LogP contribution in [0.4, 0.5) is 5.69 Å². The number of aromatic nitrogens is 2. The van der Waals surface area contributed by atoms with Gasteiger partial charge >= 0.3 is 5.97 Å². The molecule has 8 nitrogen and oxygen atoms in total. The standard InChI is InChI=1S/C25H23N3O5S/c1-4-28-24(30)18-9-7-6-8-17(18)21(27-28)23(29)26-19-14-20(34-22(19)25(31)33-5-2)15-10-12-16(32-3)13-11-15/h6-14H,4-5H2,1-3H3,(H,26,29). The Morgan fingerprint density at radius 2 is 1.76 bits per heavy atom. The molecule has 1 N–H and O–H groups in total. The molecule has 9 heteroatoms. The molecule has 1 amide bonds. The van der Waals surface area contributed by atoms with Gasteiger partial charge < -0.3 is 14.8 Å². The van der Waals surface area contributed by atoms with Crippen molar-refractivity contribution in [3.05, 3.63) is 75.5 Å². The fourth-order valence-corrected chi connectivity index (χ4v) is 4.54. The number of nitrogens with zero attached hydrogens (tertiary/aromatic N) is 2. The summed E-state index contributed by atoms with van der Waals surface area (Å²) in [4.78, 5) is 39.6. The lowest BCUT2D eigenvalue weighted by atomic mass is 10.1. The molecule has 174 valence electrons. The van der Waals surface area contributed by atoms with Crippen LogP contribution in [0.15, 0.2) is 59.4 Å². The first-order chi connectivity index (χ1) is 16.5. The van der Waals surface area contributed by atoms with Crippen LogP contribution in [0, 0.1) is 0 Å². The van der Waals surface area contributed by atoms with Crippen LogP contribution < -0.4 is 15.6 Å². The zero-order valence-electron chi connectivity index (χ0n) is 19.0. The first-order valence-corrected chi connectivity index (χ1v) is 11.5. The van der Waals surface area contributed by atoms with Crippen molar-refractivity contribution in [2.45, 2.75) is 20.4 Å². The van der Waals surface area contributed by atoms with Crippen LogP contribution >= 0.6 is 11.3 Å². The van der Waals surface area contributed by atoms with E-state index in [1.165, 1.54) is 16.0 Å². The molecular formula is C25H23N3O5S. The number of esters is 1. The Labute approximate surface area is 199 Å². The van der Waals surface area contributed by atoms with E-state index in [0.29, 0.717) is 28.8 Å². The van der Waals surface area contributed by atoms with Gasteiger partial charge in [0, 0.05) is 16.8 Å². The Bertz CT molecular complexity index is 1420. The smallest absolute Gasteiger partial charge is 0.350 e. The lowest BCUT2D eigenvalue weighted by molar-refractivity contribution is 0.0533. The summed E-state index contributed by atoms with van der Waals surface area (Å²) >= 11 is 1.22. The Morgan fingerprint density at radius 3 is 2.41 bits per heavy atom. The Kier molecular flexibility index (Phi) is 6.74. The van der Waals surface area contributed by atoms with E-state index < -0.39 is 11.9 Å². The van der Waals surface area contributed by atoms with Gasteiger partial charge in [-0.2, -0.15) is 5.10 Å². The quantitative estimate of drug-likeness (QED) is 0.391. The van der Waals surface area contributed by atoms with Crippen LogP contribution in [0.3, 0.4) is 0 Å². The number of amides is 1. The van der Waals surface area contributed by atoms with Crippen molar-refractivity contribution in [3.63, 3.8) is 0 Å². The number of benzene rings is 2. The Hall–Kier alpha value is -3.98. The molecule has 2 aromatic carbocycles. The van der Waals surface area contributed by atoms with Crippen LogP contribution in [0.5, 0.6) is 5.75 Å². The van der Waals surface area contributed by atoms with Gasteiger partial charge in [0.15, 0.2) is 5.69 Å². The second-order valence-corrected chi connectivity index (χ2v) is 8.32.